The van der Waals surface area contributed by atoms with Crippen LogP contribution in [0.5, 0.6) is 0 Å². The molecule has 1 heterocycles. The molecular weight excluding hydrogens is 353 g/mol. The first-order valence-electron chi connectivity index (χ1n) is 5.44. The molecule has 0 unspecified atom stereocenters. The molecule has 0 saturated carbocycles. The molecule has 1 aromatic heterocycles. The molecule has 5 nitrogen and oxygen atoms in total. The molecule has 0 radical (unpaired) electrons. The van der Waals surface area contributed by atoms with Crippen molar-refractivity contribution in [2.75, 3.05) is 5.32 Å². The van der Waals surface area contributed by atoms with Gasteiger partial charge in [0.15, 0.2) is 0 Å². The average molecular weight is 359 g/mol. The van der Waals surface area contributed by atoms with E-state index < -0.39 is 23.2 Å². The maximum atomic E-state index is 12.9. The van der Waals surface area contributed by atoms with Gasteiger partial charge in [0.05, 0.1) is 17.3 Å². The van der Waals surface area contributed by atoms with E-state index in [2.05, 4.69) is 31.4 Å². The van der Waals surface area contributed by atoms with Gasteiger partial charge in [-0.1, -0.05) is 15.9 Å². The number of halogens is 4. The van der Waals surface area contributed by atoms with Crippen LogP contribution in [0, 0.1) is 11.3 Å². The second-order valence-corrected chi connectivity index (χ2v) is 4.83. The van der Waals surface area contributed by atoms with Crippen LogP contribution in [0.15, 0.2) is 28.9 Å². The summed E-state index contributed by atoms with van der Waals surface area (Å²) >= 11 is 2.93. The van der Waals surface area contributed by atoms with Gasteiger partial charge in [-0.3, -0.25) is 9.89 Å². The maximum absolute atomic E-state index is 12.9. The topological polar surface area (TPSA) is 81.6 Å². The summed E-state index contributed by atoms with van der Waals surface area (Å²) in [6.07, 6.45) is -3.52. The number of rotatable bonds is 2. The summed E-state index contributed by atoms with van der Waals surface area (Å²) < 4.78 is 39.0. The molecule has 0 aliphatic carbocycles. The predicted molar refractivity (Wildman–Crippen MR) is 70.4 cm³/mol. The van der Waals surface area contributed by atoms with Gasteiger partial charge in [0, 0.05) is 4.47 Å². The number of alkyl halides is 3. The van der Waals surface area contributed by atoms with E-state index in [1.807, 2.05) is 0 Å². The summed E-state index contributed by atoms with van der Waals surface area (Å²) in [5.74, 6) is -1.05. The van der Waals surface area contributed by atoms with Gasteiger partial charge >= 0.3 is 6.18 Å². The van der Waals surface area contributed by atoms with E-state index in [1.165, 1.54) is 6.07 Å². The van der Waals surface area contributed by atoms with Gasteiger partial charge in [-0.15, -0.1) is 0 Å². The van der Waals surface area contributed by atoms with Crippen molar-refractivity contribution in [3.8, 4) is 6.07 Å². The van der Waals surface area contributed by atoms with Gasteiger partial charge < -0.3 is 5.32 Å². The second kappa shape index (κ2) is 5.57. The third-order valence-electron chi connectivity index (χ3n) is 2.53. The number of anilines is 1. The number of amides is 1. The van der Waals surface area contributed by atoms with Crippen molar-refractivity contribution in [1.29, 1.82) is 5.26 Å². The summed E-state index contributed by atoms with van der Waals surface area (Å²) in [7, 11) is 0. The minimum absolute atomic E-state index is 0.0222. The minimum Gasteiger partial charge on any atom is -0.306 e. The zero-order valence-corrected chi connectivity index (χ0v) is 11.7. The number of benzene rings is 1. The second-order valence-electron chi connectivity index (χ2n) is 3.91. The predicted octanol–water partition coefficient (Wildman–Crippen LogP) is 3.31. The maximum Gasteiger partial charge on any atom is 0.417 e. The van der Waals surface area contributed by atoms with E-state index in [9.17, 15) is 18.0 Å². The van der Waals surface area contributed by atoms with Crippen LogP contribution in [-0.4, -0.2) is 16.1 Å². The Morgan fingerprint density at radius 1 is 1.43 bits per heavy atom. The Bertz CT molecular complexity index is 733. The molecule has 108 valence electrons. The summed E-state index contributed by atoms with van der Waals surface area (Å²) in [6, 6.07) is 4.93. The molecule has 0 bridgehead atoms. The van der Waals surface area contributed by atoms with Gasteiger partial charge in [-0.05, 0) is 18.2 Å². The van der Waals surface area contributed by atoms with Crippen LogP contribution in [-0.2, 0) is 6.18 Å². The van der Waals surface area contributed by atoms with Crippen molar-refractivity contribution in [2.45, 2.75) is 6.18 Å². The SMILES string of the molecule is N#Cc1cn[nH]c1NC(=O)c1ccc(Br)cc1C(F)(F)F. The molecule has 2 aromatic rings. The molecule has 0 aliphatic heterocycles. The monoisotopic (exact) mass is 358 g/mol. The molecule has 9 heteroatoms. The first-order valence-corrected chi connectivity index (χ1v) is 6.24. The lowest BCUT2D eigenvalue weighted by molar-refractivity contribution is -0.137. The molecule has 1 amide bonds. The van der Waals surface area contributed by atoms with Crippen molar-refractivity contribution < 1.29 is 18.0 Å². The fourth-order valence-electron chi connectivity index (χ4n) is 1.60. The van der Waals surface area contributed by atoms with Crippen LogP contribution in [0.1, 0.15) is 21.5 Å². The molecule has 21 heavy (non-hydrogen) atoms. The van der Waals surface area contributed by atoms with Crippen molar-refractivity contribution in [1.82, 2.24) is 10.2 Å². The third-order valence-corrected chi connectivity index (χ3v) is 3.02. The number of hydrogen-bond donors (Lipinski definition) is 2. The first-order chi connectivity index (χ1) is 9.82. The van der Waals surface area contributed by atoms with Crippen LogP contribution < -0.4 is 5.32 Å². The molecule has 2 rings (SSSR count). The van der Waals surface area contributed by atoms with Crippen molar-refractivity contribution >= 4 is 27.7 Å². The zero-order chi connectivity index (χ0) is 15.6. The highest BCUT2D eigenvalue weighted by atomic mass is 79.9. The van der Waals surface area contributed by atoms with E-state index in [4.69, 9.17) is 5.26 Å². The van der Waals surface area contributed by atoms with Gasteiger partial charge in [0.25, 0.3) is 5.91 Å². The van der Waals surface area contributed by atoms with E-state index in [-0.39, 0.29) is 15.9 Å². The number of nitriles is 1. The minimum atomic E-state index is -4.68. The fourth-order valence-corrected chi connectivity index (χ4v) is 1.96. The molecular formula is C12H6BrF3N4O. The third kappa shape index (κ3) is 3.22. The van der Waals surface area contributed by atoms with Crippen molar-refractivity contribution in [3.63, 3.8) is 0 Å². The first kappa shape index (κ1) is 15.1. The van der Waals surface area contributed by atoms with Gasteiger partial charge in [-0.25, -0.2) is 0 Å². The fraction of sp³-hybridized carbons (Fsp3) is 0.0833. The molecule has 0 aliphatic rings. The standard InChI is InChI=1S/C12H6BrF3N4O/c13-7-1-2-8(9(3-7)12(14,15)16)11(21)19-10-6(4-17)5-18-20-10/h1-3,5H,(H2,18,19,20,21). The number of carbonyl (C=O) groups is 1. The van der Waals surface area contributed by atoms with Crippen LogP contribution in [0.4, 0.5) is 19.0 Å². The highest BCUT2D eigenvalue weighted by Crippen LogP contribution is 2.34. The molecule has 0 atom stereocenters. The molecule has 2 N–H and O–H groups in total. The van der Waals surface area contributed by atoms with Crippen LogP contribution in [0.3, 0.4) is 0 Å². The Labute approximate surface area is 124 Å². The van der Waals surface area contributed by atoms with E-state index in [0.717, 1.165) is 18.3 Å². The normalized spacial score (nSPS) is 11.0. The summed E-state index contributed by atoms with van der Waals surface area (Å²) in [4.78, 5) is 12.0. The van der Waals surface area contributed by atoms with Crippen LogP contribution >= 0.6 is 15.9 Å². The van der Waals surface area contributed by atoms with Gasteiger partial charge in [-0.2, -0.15) is 23.5 Å². The highest BCUT2D eigenvalue weighted by Gasteiger charge is 2.35. The van der Waals surface area contributed by atoms with Crippen LogP contribution in [0.25, 0.3) is 0 Å². The number of nitrogens with one attached hydrogen (secondary N) is 2. The number of hydrogen-bond acceptors (Lipinski definition) is 3. The summed E-state index contributed by atoms with van der Waals surface area (Å²) in [5, 5.41) is 16.8. The lowest BCUT2D eigenvalue weighted by Crippen LogP contribution is -2.19. The molecule has 1 aromatic carbocycles. The molecule has 0 spiro atoms. The lowest BCUT2D eigenvalue weighted by atomic mass is 10.1. The Balaban J connectivity index is 2.39. The highest BCUT2D eigenvalue weighted by molar-refractivity contribution is 9.10. The number of H-pyrrole nitrogens is 1. The number of carbonyl (C=O) groups excluding carboxylic acids is 1. The van der Waals surface area contributed by atoms with E-state index in [1.54, 1.807) is 6.07 Å². The molecule has 0 fully saturated rings. The van der Waals surface area contributed by atoms with Gasteiger partial charge in [0.1, 0.15) is 17.5 Å². The number of aromatic amines is 1. The Morgan fingerprint density at radius 3 is 2.76 bits per heavy atom. The Hall–Kier alpha value is -2.34. The number of nitrogens with zero attached hydrogens (tertiary/aromatic N) is 2. The summed E-state index contributed by atoms with van der Waals surface area (Å²) in [5.41, 5.74) is -1.61. The van der Waals surface area contributed by atoms with Crippen molar-refractivity contribution in [3.05, 3.63) is 45.6 Å². The zero-order valence-electron chi connectivity index (χ0n) is 10.1. The molecule has 0 saturated heterocycles. The van der Waals surface area contributed by atoms with E-state index in [0.29, 0.717) is 0 Å². The Morgan fingerprint density at radius 2 is 2.14 bits per heavy atom. The largest absolute Gasteiger partial charge is 0.417 e. The van der Waals surface area contributed by atoms with Gasteiger partial charge in [0.2, 0.25) is 0 Å². The number of aromatic nitrogens is 2. The van der Waals surface area contributed by atoms with Crippen molar-refractivity contribution in [2.24, 2.45) is 0 Å². The Kier molecular flexibility index (Phi) is 3.99. The van der Waals surface area contributed by atoms with E-state index >= 15 is 0 Å². The van der Waals surface area contributed by atoms with Crippen LogP contribution in [0.2, 0.25) is 0 Å². The average Bonchev–Trinajstić information content (AvgIpc) is 2.84. The quantitative estimate of drug-likeness (QED) is 0.863. The smallest absolute Gasteiger partial charge is 0.306 e. The summed E-state index contributed by atoms with van der Waals surface area (Å²) in [6.45, 7) is 0. The lowest BCUT2D eigenvalue weighted by Gasteiger charge is -2.12.